The summed E-state index contributed by atoms with van der Waals surface area (Å²) in [7, 11) is 1.69. The Labute approximate surface area is 155 Å². The van der Waals surface area contributed by atoms with Crippen molar-refractivity contribution in [2.24, 2.45) is 0 Å². The van der Waals surface area contributed by atoms with Crippen molar-refractivity contribution >= 4 is 5.82 Å². The Hall–Kier alpha value is -2.14. The molecule has 0 radical (unpaired) electrons. The average Bonchev–Trinajstić information content (AvgIpc) is 2.89. The van der Waals surface area contributed by atoms with E-state index >= 15 is 0 Å². The molecule has 0 amide bonds. The first-order valence-corrected chi connectivity index (χ1v) is 9.73. The molecule has 0 saturated carbocycles. The first kappa shape index (κ1) is 17.3. The lowest BCUT2D eigenvalue weighted by Crippen LogP contribution is -2.42. The number of benzene rings is 1. The summed E-state index contributed by atoms with van der Waals surface area (Å²) in [6.07, 6.45) is 6.94. The zero-order valence-corrected chi connectivity index (χ0v) is 15.7. The summed E-state index contributed by atoms with van der Waals surface area (Å²) >= 11 is 0. The van der Waals surface area contributed by atoms with Gasteiger partial charge in [0.2, 0.25) is 0 Å². The van der Waals surface area contributed by atoms with Crippen LogP contribution in [0.15, 0.2) is 30.3 Å². The third kappa shape index (κ3) is 3.40. The summed E-state index contributed by atoms with van der Waals surface area (Å²) < 4.78 is 5.45. The molecule has 2 aliphatic rings. The molecule has 2 unspecified atom stereocenters. The highest BCUT2D eigenvalue weighted by molar-refractivity contribution is 5.70. The highest BCUT2D eigenvalue weighted by Gasteiger charge is 2.35. The largest absolute Gasteiger partial charge is 0.496 e. The zero-order chi connectivity index (χ0) is 17.9. The predicted octanol–water partition coefficient (Wildman–Crippen LogP) is 3.89. The van der Waals surface area contributed by atoms with Crippen molar-refractivity contribution in [3.05, 3.63) is 35.9 Å². The average molecular weight is 352 g/mol. The minimum absolute atomic E-state index is 0.816. The van der Waals surface area contributed by atoms with E-state index in [1.54, 1.807) is 7.11 Å². The highest BCUT2D eigenvalue weighted by atomic mass is 16.5. The molecule has 0 aliphatic carbocycles. The maximum absolute atomic E-state index is 5.45. The van der Waals surface area contributed by atoms with Gasteiger partial charge in [-0.25, -0.2) is 0 Å². The number of aromatic nitrogens is 2. The smallest absolute Gasteiger partial charge is 0.148 e. The van der Waals surface area contributed by atoms with Crippen LogP contribution >= 0.6 is 0 Å². The summed E-state index contributed by atoms with van der Waals surface area (Å²) in [5.41, 5.74) is 2.96. The molecule has 2 fully saturated rings. The number of nitrogens with one attached hydrogen (secondary N) is 1. The lowest BCUT2D eigenvalue weighted by Gasteiger charge is -2.34. The van der Waals surface area contributed by atoms with Crippen molar-refractivity contribution in [3.63, 3.8) is 0 Å². The lowest BCUT2D eigenvalue weighted by atomic mass is 10.0. The normalized spacial score (nSPS) is 22.4. The summed E-state index contributed by atoms with van der Waals surface area (Å²) in [5, 5.41) is 12.3. The maximum Gasteiger partial charge on any atom is 0.148 e. The Morgan fingerprint density at radius 3 is 2.62 bits per heavy atom. The Morgan fingerprint density at radius 1 is 1.12 bits per heavy atom. The van der Waals surface area contributed by atoms with Gasteiger partial charge in [0.15, 0.2) is 0 Å². The molecule has 1 aromatic carbocycles. The van der Waals surface area contributed by atoms with Crippen LogP contribution in [0.5, 0.6) is 5.75 Å². The van der Waals surface area contributed by atoms with E-state index in [4.69, 9.17) is 4.74 Å². The van der Waals surface area contributed by atoms with E-state index in [0.717, 1.165) is 53.6 Å². The molecule has 26 heavy (non-hydrogen) atoms. The first-order chi connectivity index (χ1) is 12.8. The molecule has 2 bridgehead atoms. The summed E-state index contributed by atoms with van der Waals surface area (Å²) in [4.78, 5) is 2.71. The van der Waals surface area contributed by atoms with Gasteiger partial charge in [-0.15, -0.1) is 10.2 Å². The van der Waals surface area contributed by atoms with Crippen LogP contribution in [0.3, 0.4) is 0 Å². The Balaban J connectivity index is 1.40. The Bertz CT molecular complexity index is 747. The van der Waals surface area contributed by atoms with Gasteiger partial charge >= 0.3 is 0 Å². The maximum atomic E-state index is 5.45. The number of nitrogens with zero attached hydrogens (tertiary/aromatic N) is 3. The molecule has 1 aromatic heterocycles. The summed E-state index contributed by atoms with van der Waals surface area (Å²) in [5.74, 6) is 1.68. The van der Waals surface area contributed by atoms with E-state index in [0.29, 0.717) is 0 Å². The van der Waals surface area contributed by atoms with E-state index in [1.807, 2.05) is 24.3 Å². The molecule has 4 rings (SSSR count). The SMILES string of the molecule is COc1ccccc1-c1nnc(NCCN2C3CCCC2CC3)cc1C. The topological polar surface area (TPSA) is 50.3 Å². The second-order valence-electron chi connectivity index (χ2n) is 7.44. The zero-order valence-electron chi connectivity index (χ0n) is 15.7. The minimum atomic E-state index is 0.816. The molecule has 5 heteroatoms. The van der Waals surface area contributed by atoms with Crippen LogP contribution in [0.2, 0.25) is 0 Å². The number of anilines is 1. The number of rotatable bonds is 6. The number of piperidine rings is 1. The Kier molecular flexibility index (Phi) is 5.07. The number of methoxy groups -OCH3 is 1. The van der Waals surface area contributed by atoms with Gasteiger partial charge in [-0.05, 0) is 56.4 Å². The van der Waals surface area contributed by atoms with Gasteiger partial charge in [-0.1, -0.05) is 18.6 Å². The fourth-order valence-corrected chi connectivity index (χ4v) is 4.58. The monoisotopic (exact) mass is 352 g/mol. The van der Waals surface area contributed by atoms with Crippen molar-refractivity contribution in [1.29, 1.82) is 0 Å². The van der Waals surface area contributed by atoms with Crippen LogP contribution in [-0.4, -0.2) is 47.4 Å². The highest BCUT2D eigenvalue weighted by Crippen LogP contribution is 2.35. The van der Waals surface area contributed by atoms with Gasteiger partial charge in [0.05, 0.1) is 12.8 Å². The van der Waals surface area contributed by atoms with Gasteiger partial charge in [0.25, 0.3) is 0 Å². The molecule has 2 atom stereocenters. The number of ether oxygens (including phenoxy) is 1. The van der Waals surface area contributed by atoms with Crippen molar-refractivity contribution in [2.45, 2.75) is 51.1 Å². The molecular formula is C21H28N4O. The molecule has 0 spiro atoms. The van der Waals surface area contributed by atoms with Gasteiger partial charge in [0.1, 0.15) is 11.6 Å². The van der Waals surface area contributed by atoms with Gasteiger partial charge in [0, 0.05) is 30.7 Å². The van der Waals surface area contributed by atoms with E-state index in [2.05, 4.69) is 33.4 Å². The molecular weight excluding hydrogens is 324 g/mol. The van der Waals surface area contributed by atoms with E-state index in [1.165, 1.54) is 32.1 Å². The van der Waals surface area contributed by atoms with Crippen LogP contribution in [0.1, 0.15) is 37.7 Å². The number of hydrogen-bond acceptors (Lipinski definition) is 5. The van der Waals surface area contributed by atoms with Crippen molar-refractivity contribution < 1.29 is 4.74 Å². The quantitative estimate of drug-likeness (QED) is 0.855. The minimum Gasteiger partial charge on any atom is -0.496 e. The number of aryl methyl sites for hydroxylation is 1. The molecule has 2 saturated heterocycles. The number of fused-ring (bicyclic) bond motifs is 2. The van der Waals surface area contributed by atoms with E-state index < -0.39 is 0 Å². The van der Waals surface area contributed by atoms with Gasteiger partial charge < -0.3 is 10.1 Å². The summed E-state index contributed by atoms with van der Waals surface area (Å²) in [6, 6.07) is 11.7. The first-order valence-electron chi connectivity index (χ1n) is 9.73. The molecule has 138 valence electrons. The Morgan fingerprint density at radius 2 is 1.88 bits per heavy atom. The molecule has 3 heterocycles. The second kappa shape index (κ2) is 7.62. The van der Waals surface area contributed by atoms with Crippen molar-refractivity contribution in [2.75, 3.05) is 25.5 Å². The summed E-state index contributed by atoms with van der Waals surface area (Å²) in [6.45, 7) is 4.10. The van der Waals surface area contributed by atoms with E-state index in [-0.39, 0.29) is 0 Å². The third-order valence-corrected chi connectivity index (χ3v) is 5.87. The standard InChI is InChI=1S/C21H28N4O/c1-15-14-20(22-12-13-25-16-6-5-7-17(25)11-10-16)23-24-21(15)18-8-3-4-9-19(18)26-2/h3-4,8-9,14,16-17H,5-7,10-13H2,1-2H3,(H,22,23). The number of para-hydroxylation sites is 1. The number of hydrogen-bond donors (Lipinski definition) is 1. The van der Waals surface area contributed by atoms with Crippen LogP contribution in [0.4, 0.5) is 5.82 Å². The fourth-order valence-electron chi connectivity index (χ4n) is 4.58. The van der Waals surface area contributed by atoms with Crippen LogP contribution in [0.25, 0.3) is 11.3 Å². The molecule has 5 nitrogen and oxygen atoms in total. The van der Waals surface area contributed by atoms with Crippen LogP contribution in [0, 0.1) is 6.92 Å². The van der Waals surface area contributed by atoms with Crippen LogP contribution < -0.4 is 10.1 Å². The lowest BCUT2D eigenvalue weighted by molar-refractivity contribution is 0.146. The predicted molar refractivity (Wildman–Crippen MR) is 105 cm³/mol. The van der Waals surface area contributed by atoms with Crippen molar-refractivity contribution in [3.8, 4) is 17.0 Å². The van der Waals surface area contributed by atoms with Crippen LogP contribution in [-0.2, 0) is 0 Å². The van der Waals surface area contributed by atoms with Crippen molar-refractivity contribution in [1.82, 2.24) is 15.1 Å². The second-order valence-corrected chi connectivity index (χ2v) is 7.44. The third-order valence-electron chi connectivity index (χ3n) is 5.87. The molecule has 2 aromatic rings. The molecule has 1 N–H and O–H groups in total. The van der Waals surface area contributed by atoms with Gasteiger partial charge in [-0.2, -0.15) is 0 Å². The van der Waals surface area contributed by atoms with E-state index in [9.17, 15) is 0 Å². The molecule has 2 aliphatic heterocycles. The van der Waals surface area contributed by atoms with Gasteiger partial charge in [-0.3, -0.25) is 4.90 Å². The fraction of sp³-hybridized carbons (Fsp3) is 0.524.